The first-order chi connectivity index (χ1) is 15.5. The van der Waals surface area contributed by atoms with Crippen molar-refractivity contribution in [2.24, 2.45) is 0 Å². The number of benzene rings is 2. The van der Waals surface area contributed by atoms with Gasteiger partial charge in [0.05, 0.1) is 24.6 Å². The Hall–Kier alpha value is -3.94. The summed E-state index contributed by atoms with van der Waals surface area (Å²) in [4.78, 5) is 12.6. The van der Waals surface area contributed by atoms with E-state index in [4.69, 9.17) is 4.74 Å². The van der Waals surface area contributed by atoms with E-state index in [1.54, 1.807) is 41.3 Å². The fourth-order valence-electron chi connectivity index (χ4n) is 3.30. The molecule has 4 rings (SSSR count). The summed E-state index contributed by atoms with van der Waals surface area (Å²) >= 11 is 0. The number of amides is 1. The van der Waals surface area contributed by atoms with E-state index in [0.29, 0.717) is 30.2 Å². The zero-order chi connectivity index (χ0) is 22.5. The largest absolute Gasteiger partial charge is 0.489 e. The van der Waals surface area contributed by atoms with E-state index in [1.807, 2.05) is 29.9 Å². The number of halogens is 1. The zero-order valence-electron chi connectivity index (χ0n) is 18.0. The van der Waals surface area contributed by atoms with Crippen LogP contribution < -0.4 is 10.1 Å². The van der Waals surface area contributed by atoms with Gasteiger partial charge in [0.25, 0.3) is 5.91 Å². The van der Waals surface area contributed by atoms with Crippen molar-refractivity contribution in [3.63, 3.8) is 0 Å². The zero-order valence-corrected chi connectivity index (χ0v) is 18.0. The minimum atomic E-state index is -0.305. The maximum Gasteiger partial charge on any atom is 0.255 e. The lowest BCUT2D eigenvalue weighted by Crippen LogP contribution is -2.11. The maximum absolute atomic E-state index is 13.0. The molecule has 0 radical (unpaired) electrons. The Balaban J connectivity index is 1.32. The quantitative estimate of drug-likeness (QED) is 0.446. The van der Waals surface area contributed by atoms with E-state index < -0.39 is 0 Å². The van der Waals surface area contributed by atoms with Crippen LogP contribution in [-0.2, 0) is 19.7 Å². The van der Waals surface area contributed by atoms with Crippen LogP contribution in [0.15, 0.2) is 67.1 Å². The molecule has 2 heterocycles. The molecule has 4 aromatic rings. The Kier molecular flexibility index (Phi) is 6.30. The van der Waals surface area contributed by atoms with E-state index >= 15 is 0 Å². The number of nitrogens with zero attached hydrogens (tertiary/aromatic N) is 4. The predicted octanol–water partition coefficient (Wildman–Crippen LogP) is 4.43. The molecule has 0 fully saturated rings. The van der Waals surface area contributed by atoms with Crippen molar-refractivity contribution in [1.82, 2.24) is 19.6 Å². The third kappa shape index (κ3) is 5.03. The number of hydrogen-bond acceptors (Lipinski definition) is 4. The van der Waals surface area contributed by atoms with Crippen LogP contribution in [0.3, 0.4) is 0 Å². The van der Waals surface area contributed by atoms with Gasteiger partial charge in [-0.1, -0.05) is 12.1 Å². The monoisotopic (exact) mass is 433 g/mol. The van der Waals surface area contributed by atoms with E-state index in [0.717, 1.165) is 23.4 Å². The Morgan fingerprint density at radius 3 is 2.50 bits per heavy atom. The minimum Gasteiger partial charge on any atom is -0.489 e. The highest BCUT2D eigenvalue weighted by Gasteiger charge is 2.10. The molecule has 0 aliphatic heterocycles. The summed E-state index contributed by atoms with van der Waals surface area (Å²) in [6.45, 7) is 5.82. The number of carbonyl (C=O) groups is 1. The summed E-state index contributed by atoms with van der Waals surface area (Å²) in [5, 5.41) is 11.5. The van der Waals surface area contributed by atoms with E-state index in [-0.39, 0.29) is 11.7 Å². The molecule has 0 aliphatic carbocycles. The highest BCUT2D eigenvalue weighted by molar-refractivity contribution is 6.04. The first-order valence-corrected chi connectivity index (χ1v) is 10.3. The molecule has 7 nitrogen and oxygen atoms in total. The van der Waals surface area contributed by atoms with Gasteiger partial charge in [-0.25, -0.2) is 4.39 Å². The summed E-state index contributed by atoms with van der Waals surface area (Å²) in [6.07, 6.45) is 5.27. The predicted molar refractivity (Wildman–Crippen MR) is 119 cm³/mol. The molecule has 0 saturated carbocycles. The van der Waals surface area contributed by atoms with E-state index in [2.05, 4.69) is 22.4 Å². The Bertz CT molecular complexity index is 1200. The van der Waals surface area contributed by atoms with Gasteiger partial charge in [0.15, 0.2) is 0 Å². The molecule has 2 aromatic carbocycles. The van der Waals surface area contributed by atoms with Gasteiger partial charge in [-0.15, -0.1) is 0 Å². The average molecular weight is 433 g/mol. The van der Waals surface area contributed by atoms with Crippen LogP contribution in [0.4, 0.5) is 10.1 Å². The third-order valence-corrected chi connectivity index (χ3v) is 5.16. The van der Waals surface area contributed by atoms with Gasteiger partial charge in [-0.2, -0.15) is 10.2 Å². The van der Waals surface area contributed by atoms with Crippen molar-refractivity contribution in [2.45, 2.75) is 33.5 Å². The number of carbonyl (C=O) groups excluding carboxylic acids is 1. The highest BCUT2D eigenvalue weighted by Crippen LogP contribution is 2.15. The van der Waals surface area contributed by atoms with E-state index in [9.17, 15) is 9.18 Å². The molecule has 0 aliphatic rings. The Morgan fingerprint density at radius 2 is 1.81 bits per heavy atom. The normalized spacial score (nSPS) is 10.8. The minimum absolute atomic E-state index is 0.217. The summed E-state index contributed by atoms with van der Waals surface area (Å²) in [5.74, 6) is 0.0639. The maximum atomic E-state index is 13.0. The molecule has 32 heavy (non-hydrogen) atoms. The van der Waals surface area contributed by atoms with Crippen LogP contribution in [0.25, 0.3) is 0 Å². The lowest BCUT2D eigenvalue weighted by Gasteiger charge is -2.07. The number of aromatic nitrogens is 4. The van der Waals surface area contributed by atoms with Gasteiger partial charge < -0.3 is 10.1 Å². The molecule has 1 N–H and O–H groups in total. The van der Waals surface area contributed by atoms with Gasteiger partial charge >= 0.3 is 0 Å². The second-order valence-corrected chi connectivity index (χ2v) is 7.39. The third-order valence-electron chi connectivity index (χ3n) is 5.16. The van der Waals surface area contributed by atoms with Crippen LogP contribution in [0, 0.1) is 12.7 Å². The lowest BCUT2D eigenvalue weighted by atomic mass is 10.1. The van der Waals surface area contributed by atoms with Crippen molar-refractivity contribution in [2.75, 3.05) is 5.32 Å². The van der Waals surface area contributed by atoms with Crippen molar-refractivity contribution < 1.29 is 13.9 Å². The molecule has 8 heteroatoms. The standard InChI is InChI=1S/C24H24FN5O2/c1-3-30-17(2)20(12-27-30)14-29-15-22(13-26-29)28-24(31)19-6-4-18(5-7-19)16-32-23-10-8-21(25)9-11-23/h4-13,15H,3,14,16H2,1-2H3,(H,28,31). The summed E-state index contributed by atoms with van der Waals surface area (Å²) in [5.41, 5.74) is 4.26. The number of ether oxygens (including phenoxy) is 1. The van der Waals surface area contributed by atoms with Crippen molar-refractivity contribution in [3.05, 3.63) is 95.3 Å². The van der Waals surface area contributed by atoms with Crippen LogP contribution in [0.5, 0.6) is 5.75 Å². The smallest absolute Gasteiger partial charge is 0.255 e. The number of nitrogens with one attached hydrogen (secondary N) is 1. The van der Waals surface area contributed by atoms with Crippen LogP contribution in [0.1, 0.15) is 34.1 Å². The fraction of sp³-hybridized carbons (Fsp3) is 0.208. The topological polar surface area (TPSA) is 74.0 Å². The second kappa shape index (κ2) is 9.47. The molecule has 1 amide bonds. The number of rotatable bonds is 8. The summed E-state index contributed by atoms with van der Waals surface area (Å²) in [7, 11) is 0. The molecule has 0 atom stereocenters. The molecule has 0 spiro atoms. The van der Waals surface area contributed by atoms with Gasteiger partial charge in [0.2, 0.25) is 0 Å². The SMILES string of the molecule is CCn1ncc(Cn2cc(NC(=O)c3ccc(COc4ccc(F)cc4)cc3)cn2)c1C. The summed E-state index contributed by atoms with van der Waals surface area (Å²) in [6, 6.07) is 13.0. The van der Waals surface area contributed by atoms with Crippen molar-refractivity contribution >= 4 is 11.6 Å². The first kappa shape index (κ1) is 21.3. The van der Waals surface area contributed by atoms with Crippen molar-refractivity contribution in [3.8, 4) is 5.75 Å². The van der Waals surface area contributed by atoms with Gasteiger partial charge in [-0.3, -0.25) is 14.2 Å². The Labute approximate surface area is 185 Å². The second-order valence-electron chi connectivity index (χ2n) is 7.39. The Morgan fingerprint density at radius 1 is 1.06 bits per heavy atom. The number of hydrogen-bond donors (Lipinski definition) is 1. The molecule has 0 bridgehead atoms. The molecule has 0 unspecified atom stereocenters. The van der Waals surface area contributed by atoms with Crippen LogP contribution in [-0.4, -0.2) is 25.5 Å². The molecule has 164 valence electrons. The molecular weight excluding hydrogens is 409 g/mol. The molecule has 2 aromatic heterocycles. The van der Waals surface area contributed by atoms with Gasteiger partial charge in [0.1, 0.15) is 18.2 Å². The fourth-order valence-corrected chi connectivity index (χ4v) is 3.30. The number of aryl methyl sites for hydroxylation is 1. The van der Waals surface area contributed by atoms with Crippen LogP contribution >= 0.6 is 0 Å². The van der Waals surface area contributed by atoms with Crippen molar-refractivity contribution in [1.29, 1.82) is 0 Å². The molecule has 0 saturated heterocycles. The average Bonchev–Trinajstić information content (AvgIpc) is 3.40. The number of anilines is 1. The van der Waals surface area contributed by atoms with Gasteiger partial charge in [-0.05, 0) is 55.8 Å². The van der Waals surface area contributed by atoms with E-state index in [1.165, 1.54) is 12.1 Å². The van der Waals surface area contributed by atoms with Crippen LogP contribution in [0.2, 0.25) is 0 Å². The highest BCUT2D eigenvalue weighted by atomic mass is 19.1. The first-order valence-electron chi connectivity index (χ1n) is 10.3. The van der Waals surface area contributed by atoms with Gasteiger partial charge in [0, 0.05) is 29.6 Å². The summed E-state index contributed by atoms with van der Waals surface area (Å²) < 4.78 is 22.3. The lowest BCUT2D eigenvalue weighted by molar-refractivity contribution is 0.102. The molecular formula is C24H24FN5O2.